The van der Waals surface area contributed by atoms with Gasteiger partial charge in [0.25, 0.3) is 0 Å². The number of carbonyl (C=O) groups excluding carboxylic acids is 1. The zero-order valence-electron chi connectivity index (χ0n) is 21.7. The standard InChI is InChI=1S/C29H33FNO5P/c1-5-24-27(20-11-13-22(30)14-12-20)25(15-16-37(35,36-4)18-23(32)17-26(33)34)28(19(2)3)31-29(24)21-9-7-6-8-10-21/h6-14,19H,5,15-18H2,1-4H3,(H,33,34). The third-order valence-corrected chi connectivity index (χ3v) is 8.72. The number of carboxylic acid groups (broad SMARTS) is 1. The van der Waals surface area contributed by atoms with Crippen molar-refractivity contribution < 1.29 is 28.2 Å². The summed E-state index contributed by atoms with van der Waals surface area (Å²) >= 11 is 0. The smallest absolute Gasteiger partial charge is 0.310 e. The predicted octanol–water partition coefficient (Wildman–Crippen LogP) is 6.75. The SMILES string of the molecule is CCc1c(-c2ccccc2)nc(C(C)C)c(CCP(=O)(CC(=O)CC(=O)O)OC)c1-c1ccc(F)cc1. The van der Waals surface area contributed by atoms with Gasteiger partial charge in [-0.25, -0.2) is 4.39 Å². The Balaban J connectivity index is 2.19. The quantitative estimate of drug-likeness (QED) is 0.208. The van der Waals surface area contributed by atoms with E-state index in [4.69, 9.17) is 14.6 Å². The van der Waals surface area contributed by atoms with Crippen molar-refractivity contribution in [3.63, 3.8) is 0 Å². The summed E-state index contributed by atoms with van der Waals surface area (Å²) in [7, 11) is -2.16. The van der Waals surface area contributed by atoms with Crippen molar-refractivity contribution in [2.24, 2.45) is 0 Å². The van der Waals surface area contributed by atoms with Gasteiger partial charge in [0, 0.05) is 24.5 Å². The Morgan fingerprint density at radius 1 is 1.03 bits per heavy atom. The molecule has 0 aliphatic rings. The molecule has 1 unspecified atom stereocenters. The number of hydrogen-bond acceptors (Lipinski definition) is 5. The Kier molecular flexibility index (Phi) is 9.52. The van der Waals surface area contributed by atoms with E-state index in [0.29, 0.717) is 12.8 Å². The number of carboxylic acids is 1. The van der Waals surface area contributed by atoms with Gasteiger partial charge in [0.1, 0.15) is 12.2 Å². The zero-order valence-corrected chi connectivity index (χ0v) is 22.6. The Morgan fingerprint density at radius 2 is 1.68 bits per heavy atom. The maximum absolute atomic E-state index is 13.9. The first-order valence-corrected chi connectivity index (χ1v) is 14.3. The molecule has 196 valence electrons. The van der Waals surface area contributed by atoms with Crippen molar-refractivity contribution in [1.82, 2.24) is 4.98 Å². The molecule has 1 heterocycles. The molecule has 0 saturated heterocycles. The lowest BCUT2D eigenvalue weighted by Crippen LogP contribution is -2.15. The van der Waals surface area contributed by atoms with E-state index in [9.17, 15) is 18.5 Å². The Morgan fingerprint density at radius 3 is 2.22 bits per heavy atom. The highest BCUT2D eigenvalue weighted by atomic mass is 31.2. The van der Waals surface area contributed by atoms with Crippen molar-refractivity contribution in [2.75, 3.05) is 19.4 Å². The minimum atomic E-state index is -3.44. The average Bonchev–Trinajstić information content (AvgIpc) is 2.87. The number of nitrogens with zero attached hydrogens (tertiary/aromatic N) is 1. The Labute approximate surface area is 217 Å². The van der Waals surface area contributed by atoms with E-state index in [2.05, 4.69) is 0 Å². The number of aliphatic carboxylic acids is 1. The van der Waals surface area contributed by atoms with Crippen LogP contribution in [-0.2, 0) is 31.5 Å². The molecule has 3 rings (SSSR count). The van der Waals surface area contributed by atoms with E-state index in [1.54, 1.807) is 12.1 Å². The summed E-state index contributed by atoms with van der Waals surface area (Å²) < 4.78 is 32.6. The van der Waals surface area contributed by atoms with Gasteiger partial charge in [-0.2, -0.15) is 0 Å². The van der Waals surface area contributed by atoms with E-state index >= 15 is 0 Å². The van der Waals surface area contributed by atoms with Crippen LogP contribution in [0.1, 0.15) is 49.9 Å². The van der Waals surface area contributed by atoms with Gasteiger partial charge in [-0.3, -0.25) is 19.1 Å². The molecule has 1 aromatic heterocycles. The second-order valence-electron chi connectivity index (χ2n) is 9.30. The fourth-order valence-corrected chi connectivity index (χ4v) is 6.25. The van der Waals surface area contributed by atoms with Gasteiger partial charge in [0.15, 0.2) is 5.78 Å². The third-order valence-electron chi connectivity index (χ3n) is 6.31. The lowest BCUT2D eigenvalue weighted by Gasteiger charge is -2.24. The van der Waals surface area contributed by atoms with Gasteiger partial charge in [-0.05, 0) is 53.1 Å². The van der Waals surface area contributed by atoms with E-state index in [1.165, 1.54) is 19.2 Å². The van der Waals surface area contributed by atoms with E-state index in [1.807, 2.05) is 51.1 Å². The van der Waals surface area contributed by atoms with E-state index in [-0.39, 0.29) is 17.9 Å². The van der Waals surface area contributed by atoms with Crippen LogP contribution in [0.15, 0.2) is 54.6 Å². The van der Waals surface area contributed by atoms with Gasteiger partial charge < -0.3 is 9.63 Å². The molecule has 0 saturated carbocycles. The monoisotopic (exact) mass is 525 g/mol. The first-order chi connectivity index (χ1) is 17.6. The van der Waals surface area contributed by atoms with Gasteiger partial charge >= 0.3 is 5.97 Å². The predicted molar refractivity (Wildman–Crippen MR) is 144 cm³/mol. The number of ketones is 1. The van der Waals surface area contributed by atoms with Crippen LogP contribution in [0, 0.1) is 5.82 Å². The molecule has 6 nitrogen and oxygen atoms in total. The number of pyridine rings is 1. The Bertz CT molecular complexity index is 1310. The van der Waals surface area contributed by atoms with E-state index < -0.39 is 31.7 Å². The summed E-state index contributed by atoms with van der Waals surface area (Å²) in [5.74, 6) is -2.21. The molecule has 37 heavy (non-hydrogen) atoms. The summed E-state index contributed by atoms with van der Waals surface area (Å²) in [6, 6.07) is 16.2. The molecule has 0 fully saturated rings. The van der Waals surface area contributed by atoms with Crippen LogP contribution in [0.2, 0.25) is 0 Å². The number of aromatic nitrogens is 1. The van der Waals surface area contributed by atoms with Gasteiger partial charge in [0.05, 0.1) is 11.9 Å². The highest BCUT2D eigenvalue weighted by molar-refractivity contribution is 7.59. The number of hydrogen-bond donors (Lipinski definition) is 1. The van der Waals surface area contributed by atoms with Gasteiger partial charge in [-0.1, -0.05) is 63.2 Å². The molecule has 2 aromatic carbocycles. The normalized spacial score (nSPS) is 12.9. The average molecular weight is 526 g/mol. The topological polar surface area (TPSA) is 93.6 Å². The second-order valence-corrected chi connectivity index (χ2v) is 12.1. The Hall–Kier alpha value is -3.15. The first-order valence-electron chi connectivity index (χ1n) is 12.3. The molecule has 0 amide bonds. The molecule has 0 aliphatic heterocycles. The number of carbonyl (C=O) groups is 2. The lowest BCUT2D eigenvalue weighted by molar-refractivity contribution is -0.139. The molecule has 0 radical (unpaired) electrons. The number of benzene rings is 2. The van der Waals surface area contributed by atoms with Gasteiger partial charge in [0.2, 0.25) is 7.37 Å². The number of Topliss-reactive ketones (excluding diaryl/α,β-unsaturated/α-hetero) is 1. The van der Waals surface area contributed by atoms with Crippen molar-refractivity contribution in [3.8, 4) is 22.4 Å². The highest BCUT2D eigenvalue weighted by Gasteiger charge is 2.29. The summed E-state index contributed by atoms with van der Waals surface area (Å²) in [6.07, 6.45) is -0.110. The van der Waals surface area contributed by atoms with Crippen molar-refractivity contribution in [3.05, 3.63) is 77.2 Å². The van der Waals surface area contributed by atoms with Crippen LogP contribution in [0.5, 0.6) is 0 Å². The van der Waals surface area contributed by atoms with Crippen LogP contribution >= 0.6 is 7.37 Å². The molecular formula is C29H33FNO5P. The maximum Gasteiger partial charge on any atom is 0.310 e. The fourth-order valence-electron chi connectivity index (χ4n) is 4.57. The molecule has 0 aliphatic carbocycles. The minimum absolute atomic E-state index is 0.0261. The molecule has 3 aromatic rings. The first kappa shape index (κ1) is 28.4. The van der Waals surface area contributed by atoms with Crippen molar-refractivity contribution in [1.29, 1.82) is 0 Å². The van der Waals surface area contributed by atoms with Crippen LogP contribution in [0.25, 0.3) is 22.4 Å². The largest absolute Gasteiger partial charge is 0.481 e. The van der Waals surface area contributed by atoms with E-state index in [0.717, 1.165) is 39.2 Å². The molecular weight excluding hydrogens is 492 g/mol. The molecule has 8 heteroatoms. The third kappa shape index (κ3) is 7.00. The summed E-state index contributed by atoms with van der Waals surface area (Å²) in [5.41, 5.74) is 6.25. The van der Waals surface area contributed by atoms with Gasteiger partial charge in [-0.15, -0.1) is 0 Å². The van der Waals surface area contributed by atoms with Crippen molar-refractivity contribution in [2.45, 2.75) is 46.0 Å². The van der Waals surface area contributed by atoms with Crippen LogP contribution in [0.3, 0.4) is 0 Å². The molecule has 1 N–H and O–H groups in total. The van der Waals surface area contributed by atoms with Crippen LogP contribution in [0.4, 0.5) is 4.39 Å². The lowest BCUT2D eigenvalue weighted by atomic mass is 9.86. The molecule has 1 atom stereocenters. The highest BCUT2D eigenvalue weighted by Crippen LogP contribution is 2.48. The van der Waals surface area contributed by atoms with Crippen molar-refractivity contribution >= 4 is 19.1 Å². The van der Waals surface area contributed by atoms with Crippen LogP contribution in [-0.4, -0.2) is 41.3 Å². The number of halogens is 1. The number of rotatable bonds is 12. The van der Waals surface area contributed by atoms with Crippen LogP contribution < -0.4 is 0 Å². The summed E-state index contributed by atoms with van der Waals surface area (Å²) in [5, 5.41) is 8.93. The molecule has 0 spiro atoms. The summed E-state index contributed by atoms with van der Waals surface area (Å²) in [4.78, 5) is 28.2. The fraction of sp³-hybridized carbons (Fsp3) is 0.345. The second kappa shape index (κ2) is 12.4. The minimum Gasteiger partial charge on any atom is -0.481 e. The zero-order chi connectivity index (χ0) is 27.2. The maximum atomic E-state index is 13.9. The molecule has 0 bridgehead atoms. The summed E-state index contributed by atoms with van der Waals surface area (Å²) in [6.45, 7) is 6.11.